The highest BCUT2D eigenvalue weighted by molar-refractivity contribution is 6.46. The van der Waals surface area contributed by atoms with Gasteiger partial charge in [0.1, 0.15) is 23.9 Å². The van der Waals surface area contributed by atoms with E-state index in [4.69, 9.17) is 14.2 Å². The van der Waals surface area contributed by atoms with Gasteiger partial charge in [-0.25, -0.2) is 0 Å². The number of aliphatic hydroxyl groups excluding tert-OH is 1. The smallest absolute Gasteiger partial charge is 0.295 e. The van der Waals surface area contributed by atoms with Crippen molar-refractivity contribution < 1.29 is 28.9 Å². The number of likely N-dealkylation sites (tertiary alicyclic amines) is 1. The number of benzene rings is 2. The Hall–Kier alpha value is -3.62. The number of ether oxygens (including phenoxy) is 3. The Bertz CT molecular complexity index is 1170. The summed E-state index contributed by atoms with van der Waals surface area (Å²) in [6.45, 7) is 10.2. The van der Waals surface area contributed by atoms with Crippen molar-refractivity contribution in [3.8, 4) is 11.5 Å². The molecule has 8 nitrogen and oxygen atoms in total. The minimum absolute atomic E-state index is 0.0874. The lowest BCUT2D eigenvalue weighted by molar-refractivity contribution is -0.140. The van der Waals surface area contributed by atoms with Crippen LogP contribution in [-0.4, -0.2) is 79.7 Å². The van der Waals surface area contributed by atoms with E-state index in [0.717, 1.165) is 30.8 Å². The van der Waals surface area contributed by atoms with Crippen molar-refractivity contribution in [3.05, 3.63) is 77.4 Å². The summed E-state index contributed by atoms with van der Waals surface area (Å²) in [6, 6.07) is 11.8. The second-order valence-electron chi connectivity index (χ2n) is 9.15. The van der Waals surface area contributed by atoms with Crippen LogP contribution in [0, 0.1) is 6.92 Å². The number of rotatable bonds is 10. The zero-order valence-corrected chi connectivity index (χ0v) is 21.4. The molecule has 8 heteroatoms. The van der Waals surface area contributed by atoms with E-state index in [0.29, 0.717) is 49.8 Å². The van der Waals surface area contributed by atoms with Gasteiger partial charge in [0.25, 0.3) is 11.7 Å². The zero-order valence-electron chi connectivity index (χ0n) is 21.4. The molecule has 1 amide bonds. The van der Waals surface area contributed by atoms with E-state index in [2.05, 4.69) is 11.5 Å². The number of morpholine rings is 1. The van der Waals surface area contributed by atoms with Gasteiger partial charge in [-0.15, -0.1) is 0 Å². The van der Waals surface area contributed by atoms with Gasteiger partial charge in [-0.3, -0.25) is 14.5 Å². The molecule has 2 heterocycles. The molecule has 0 aliphatic carbocycles. The number of hydrogen-bond acceptors (Lipinski definition) is 7. The summed E-state index contributed by atoms with van der Waals surface area (Å²) in [5, 5.41) is 11.4. The summed E-state index contributed by atoms with van der Waals surface area (Å²) in [7, 11) is 1.57. The van der Waals surface area contributed by atoms with Crippen molar-refractivity contribution in [2.45, 2.75) is 19.4 Å². The Morgan fingerprint density at radius 1 is 1.11 bits per heavy atom. The van der Waals surface area contributed by atoms with Crippen molar-refractivity contribution in [2.75, 3.05) is 53.1 Å². The molecule has 2 saturated heterocycles. The maximum atomic E-state index is 13.3. The van der Waals surface area contributed by atoms with Crippen LogP contribution in [0.25, 0.3) is 5.76 Å². The number of carbonyl (C=O) groups excluding carboxylic acids is 2. The van der Waals surface area contributed by atoms with Gasteiger partial charge >= 0.3 is 0 Å². The number of aryl methyl sites for hydroxylation is 1. The fraction of sp³-hybridized carbons (Fsp3) is 0.379. The van der Waals surface area contributed by atoms with Crippen molar-refractivity contribution in [1.82, 2.24) is 9.80 Å². The molecular formula is C29H34N2O6. The number of carbonyl (C=O) groups is 2. The minimum Gasteiger partial charge on any atom is -0.507 e. The van der Waals surface area contributed by atoms with Crippen LogP contribution in [0.2, 0.25) is 0 Å². The molecular weight excluding hydrogens is 472 g/mol. The van der Waals surface area contributed by atoms with Crippen LogP contribution in [0.4, 0.5) is 0 Å². The molecule has 2 aromatic carbocycles. The van der Waals surface area contributed by atoms with Gasteiger partial charge in [-0.05, 0) is 54.8 Å². The lowest BCUT2D eigenvalue weighted by atomic mass is 9.93. The van der Waals surface area contributed by atoms with Crippen LogP contribution in [0.1, 0.15) is 29.2 Å². The van der Waals surface area contributed by atoms with Gasteiger partial charge in [-0.2, -0.15) is 0 Å². The van der Waals surface area contributed by atoms with Crippen LogP contribution in [0.3, 0.4) is 0 Å². The van der Waals surface area contributed by atoms with E-state index < -0.39 is 17.7 Å². The first kappa shape index (κ1) is 26.4. The lowest BCUT2D eigenvalue weighted by Gasteiger charge is -2.29. The Kier molecular flexibility index (Phi) is 8.63. The van der Waals surface area contributed by atoms with Gasteiger partial charge in [0.2, 0.25) is 0 Å². The number of ketones is 1. The molecule has 0 bridgehead atoms. The third-order valence-corrected chi connectivity index (χ3v) is 6.77. The number of Topliss-reactive ketones (excluding diaryl/α,β-unsaturated/α-hetero) is 1. The van der Waals surface area contributed by atoms with Gasteiger partial charge in [0.15, 0.2) is 0 Å². The molecule has 1 N–H and O–H groups in total. The molecule has 37 heavy (non-hydrogen) atoms. The number of aliphatic hydroxyl groups is 1. The second kappa shape index (κ2) is 12.1. The van der Waals surface area contributed by atoms with Gasteiger partial charge in [0, 0.05) is 31.7 Å². The van der Waals surface area contributed by atoms with Crippen molar-refractivity contribution in [3.63, 3.8) is 0 Å². The van der Waals surface area contributed by atoms with E-state index in [-0.39, 0.29) is 11.3 Å². The fourth-order valence-electron chi connectivity index (χ4n) is 4.82. The highest BCUT2D eigenvalue weighted by Crippen LogP contribution is 2.40. The monoisotopic (exact) mass is 506 g/mol. The Morgan fingerprint density at radius 3 is 2.46 bits per heavy atom. The molecule has 4 rings (SSSR count). The van der Waals surface area contributed by atoms with Crippen LogP contribution >= 0.6 is 0 Å². The van der Waals surface area contributed by atoms with Crippen molar-refractivity contribution in [1.29, 1.82) is 0 Å². The molecule has 0 aromatic heterocycles. The van der Waals surface area contributed by atoms with E-state index in [1.807, 2.05) is 19.1 Å². The summed E-state index contributed by atoms with van der Waals surface area (Å²) >= 11 is 0. The normalized spacial score (nSPS) is 19.7. The zero-order chi connectivity index (χ0) is 26.4. The molecule has 196 valence electrons. The van der Waals surface area contributed by atoms with Gasteiger partial charge in [0.05, 0.1) is 31.9 Å². The SMILES string of the molecule is C=CCOc1ccc(C2/C(=C(\O)c3ccc(OC)cc3C)C(=O)C(=O)N2CCCN2CCOCC2)cc1. The predicted octanol–water partition coefficient (Wildman–Crippen LogP) is 3.71. The number of methoxy groups -OCH3 is 1. The average Bonchev–Trinajstić information content (AvgIpc) is 3.17. The molecule has 2 aliphatic rings. The number of amides is 1. The fourth-order valence-corrected chi connectivity index (χ4v) is 4.82. The Morgan fingerprint density at radius 2 is 1.81 bits per heavy atom. The van der Waals surface area contributed by atoms with Crippen molar-refractivity contribution >= 4 is 17.4 Å². The van der Waals surface area contributed by atoms with E-state index >= 15 is 0 Å². The largest absolute Gasteiger partial charge is 0.507 e. The first-order valence-corrected chi connectivity index (χ1v) is 12.5. The maximum Gasteiger partial charge on any atom is 0.295 e. The third-order valence-electron chi connectivity index (χ3n) is 6.77. The summed E-state index contributed by atoms with van der Waals surface area (Å²) in [5.74, 6) is -0.183. The summed E-state index contributed by atoms with van der Waals surface area (Å²) < 4.78 is 16.3. The summed E-state index contributed by atoms with van der Waals surface area (Å²) in [4.78, 5) is 30.4. The maximum absolute atomic E-state index is 13.3. The molecule has 0 radical (unpaired) electrons. The van der Waals surface area contributed by atoms with E-state index in [1.54, 1.807) is 48.4 Å². The quantitative estimate of drug-likeness (QED) is 0.227. The minimum atomic E-state index is -0.709. The number of hydrogen-bond donors (Lipinski definition) is 1. The van der Waals surface area contributed by atoms with Crippen LogP contribution in [-0.2, 0) is 14.3 Å². The number of nitrogens with zero attached hydrogens (tertiary/aromatic N) is 2. The molecule has 2 aromatic rings. The van der Waals surface area contributed by atoms with Crippen LogP contribution < -0.4 is 9.47 Å². The molecule has 2 fully saturated rings. The highest BCUT2D eigenvalue weighted by atomic mass is 16.5. The Balaban J connectivity index is 1.68. The Labute approximate surface area is 217 Å². The molecule has 0 saturated carbocycles. The average molecular weight is 507 g/mol. The van der Waals surface area contributed by atoms with Crippen LogP contribution in [0.5, 0.6) is 11.5 Å². The van der Waals surface area contributed by atoms with Gasteiger partial charge in [-0.1, -0.05) is 24.8 Å². The standard InChI is InChI=1S/C29H34N2O6/c1-4-16-37-22-8-6-21(7-9-22)26-25(27(32)24-11-10-23(35-3)19-20(24)2)28(33)29(34)31(26)13-5-12-30-14-17-36-18-15-30/h4,6-11,19,26,32H,1,5,12-18H2,2-3H3/b27-25+. The van der Waals surface area contributed by atoms with Crippen LogP contribution in [0.15, 0.2) is 60.7 Å². The molecule has 1 unspecified atom stereocenters. The van der Waals surface area contributed by atoms with E-state index in [1.165, 1.54) is 0 Å². The first-order valence-electron chi connectivity index (χ1n) is 12.5. The topological polar surface area (TPSA) is 88.5 Å². The first-order chi connectivity index (χ1) is 17.9. The molecule has 1 atom stereocenters. The second-order valence-corrected chi connectivity index (χ2v) is 9.15. The third kappa shape index (κ3) is 5.87. The highest BCUT2D eigenvalue weighted by Gasteiger charge is 2.46. The molecule has 0 spiro atoms. The molecule has 2 aliphatic heterocycles. The van der Waals surface area contributed by atoms with Crippen molar-refractivity contribution in [2.24, 2.45) is 0 Å². The van der Waals surface area contributed by atoms with Gasteiger partial charge < -0.3 is 24.2 Å². The predicted molar refractivity (Wildman–Crippen MR) is 141 cm³/mol. The van der Waals surface area contributed by atoms with E-state index in [9.17, 15) is 14.7 Å². The summed E-state index contributed by atoms with van der Waals surface area (Å²) in [6.07, 6.45) is 2.36. The lowest BCUT2D eigenvalue weighted by Crippen LogP contribution is -2.38. The summed E-state index contributed by atoms with van der Waals surface area (Å²) in [5.41, 5.74) is 2.04.